The number of nitrogens with one attached hydrogen (secondary N) is 1. The lowest BCUT2D eigenvalue weighted by molar-refractivity contribution is -0.150. The normalized spacial score (nSPS) is 14.7. The van der Waals surface area contributed by atoms with Crippen molar-refractivity contribution in [3.63, 3.8) is 0 Å². The summed E-state index contributed by atoms with van der Waals surface area (Å²) in [6.07, 6.45) is 1.29. The Labute approximate surface area is 167 Å². The van der Waals surface area contributed by atoms with Gasteiger partial charge in [0, 0.05) is 18.1 Å². The molecule has 1 atom stereocenters. The predicted molar refractivity (Wildman–Crippen MR) is 108 cm³/mol. The third-order valence-corrected chi connectivity index (χ3v) is 5.51. The van der Waals surface area contributed by atoms with Crippen LogP contribution in [0.25, 0.3) is 0 Å². The summed E-state index contributed by atoms with van der Waals surface area (Å²) >= 11 is 12.5. The number of anilines is 1. The van der Waals surface area contributed by atoms with Gasteiger partial charge in [-0.3, -0.25) is 9.59 Å². The van der Waals surface area contributed by atoms with E-state index in [0.29, 0.717) is 20.8 Å². The molecule has 142 valence electrons. The number of esters is 1. The number of methoxy groups -OCH3 is 1. The molecular weight excluding hydrogens is 396 g/mol. The number of nitrogens with zero attached hydrogens (tertiary/aromatic N) is 1. The van der Waals surface area contributed by atoms with Crippen molar-refractivity contribution in [1.29, 1.82) is 0 Å². The second-order valence-corrected chi connectivity index (χ2v) is 7.76. The molecule has 6 nitrogen and oxygen atoms in total. The molecule has 9 heteroatoms. The number of benzene rings is 1. The SMILES string of the molecule is COc1ccc(Cl)cc1NC(=O)[C@@H](C)OC(=O)CSC(=S)N1CCCC1. The van der Waals surface area contributed by atoms with Crippen molar-refractivity contribution in [3.05, 3.63) is 23.2 Å². The van der Waals surface area contributed by atoms with Crippen LogP contribution in [0.2, 0.25) is 5.02 Å². The van der Waals surface area contributed by atoms with Crippen LogP contribution in [0, 0.1) is 0 Å². The molecule has 1 saturated heterocycles. The van der Waals surface area contributed by atoms with Crippen LogP contribution in [0.1, 0.15) is 19.8 Å². The summed E-state index contributed by atoms with van der Waals surface area (Å²) in [5.74, 6) is -0.413. The molecule has 1 amide bonds. The molecule has 1 aliphatic rings. The highest BCUT2D eigenvalue weighted by molar-refractivity contribution is 8.23. The van der Waals surface area contributed by atoms with Crippen molar-refractivity contribution >= 4 is 57.5 Å². The molecule has 1 aromatic rings. The Bertz CT molecular complexity index is 681. The number of thioether (sulfide) groups is 1. The van der Waals surface area contributed by atoms with E-state index in [4.69, 9.17) is 33.3 Å². The van der Waals surface area contributed by atoms with Crippen molar-refractivity contribution in [1.82, 2.24) is 4.90 Å². The predicted octanol–water partition coefficient (Wildman–Crippen LogP) is 3.33. The van der Waals surface area contributed by atoms with Crippen LogP contribution in [0.4, 0.5) is 5.69 Å². The van der Waals surface area contributed by atoms with E-state index in [0.717, 1.165) is 25.9 Å². The maximum absolute atomic E-state index is 12.2. The van der Waals surface area contributed by atoms with E-state index in [2.05, 4.69) is 10.2 Å². The first kappa shape index (κ1) is 20.8. The summed E-state index contributed by atoms with van der Waals surface area (Å²) in [5.41, 5.74) is 0.414. The number of carbonyl (C=O) groups is 2. The fraction of sp³-hybridized carbons (Fsp3) is 0.471. The van der Waals surface area contributed by atoms with E-state index in [1.54, 1.807) is 18.2 Å². The number of ether oxygens (including phenoxy) is 2. The van der Waals surface area contributed by atoms with Gasteiger partial charge in [-0.05, 0) is 38.0 Å². The lowest BCUT2D eigenvalue weighted by Crippen LogP contribution is -2.31. The third kappa shape index (κ3) is 6.03. The molecule has 1 N–H and O–H groups in total. The van der Waals surface area contributed by atoms with Gasteiger partial charge in [0.2, 0.25) is 0 Å². The molecule has 0 saturated carbocycles. The smallest absolute Gasteiger partial charge is 0.317 e. The molecule has 0 aromatic heterocycles. The van der Waals surface area contributed by atoms with Gasteiger partial charge in [0.05, 0.1) is 18.6 Å². The van der Waals surface area contributed by atoms with Crippen LogP contribution in [0.3, 0.4) is 0 Å². The minimum Gasteiger partial charge on any atom is -0.495 e. The maximum Gasteiger partial charge on any atom is 0.317 e. The fourth-order valence-electron chi connectivity index (χ4n) is 2.41. The zero-order valence-electron chi connectivity index (χ0n) is 14.6. The molecule has 0 unspecified atom stereocenters. The zero-order valence-corrected chi connectivity index (χ0v) is 17.0. The Morgan fingerprint density at radius 2 is 2.08 bits per heavy atom. The minimum atomic E-state index is -0.952. The van der Waals surface area contributed by atoms with E-state index in [1.165, 1.54) is 25.8 Å². The van der Waals surface area contributed by atoms with Crippen LogP contribution in [0.15, 0.2) is 18.2 Å². The topological polar surface area (TPSA) is 67.9 Å². The highest BCUT2D eigenvalue weighted by atomic mass is 35.5. The van der Waals surface area contributed by atoms with Gasteiger partial charge in [0.1, 0.15) is 10.1 Å². The van der Waals surface area contributed by atoms with Crippen LogP contribution >= 0.6 is 35.6 Å². The average Bonchev–Trinajstić information content (AvgIpc) is 3.14. The van der Waals surface area contributed by atoms with Crippen LogP contribution < -0.4 is 10.1 Å². The van der Waals surface area contributed by atoms with Gasteiger partial charge in [-0.15, -0.1) is 0 Å². The standard InChI is InChI=1S/C17H21ClN2O4S2/c1-11(16(22)19-13-9-12(18)5-6-14(13)23-2)24-15(21)10-26-17(25)20-7-3-4-8-20/h5-6,9,11H,3-4,7-8,10H2,1-2H3,(H,19,22)/t11-/m1/s1. The first-order valence-corrected chi connectivity index (χ1v) is 9.93. The van der Waals surface area contributed by atoms with Crippen molar-refractivity contribution < 1.29 is 19.1 Å². The second-order valence-electron chi connectivity index (χ2n) is 5.71. The summed E-state index contributed by atoms with van der Waals surface area (Å²) in [6.45, 7) is 3.37. The zero-order chi connectivity index (χ0) is 19.1. The summed E-state index contributed by atoms with van der Waals surface area (Å²) < 4.78 is 11.0. The Morgan fingerprint density at radius 3 is 2.73 bits per heavy atom. The summed E-state index contributed by atoms with van der Waals surface area (Å²) in [4.78, 5) is 26.3. The molecule has 26 heavy (non-hydrogen) atoms. The van der Waals surface area contributed by atoms with Crippen molar-refractivity contribution in [2.75, 3.05) is 31.3 Å². The van der Waals surface area contributed by atoms with Gasteiger partial charge in [-0.1, -0.05) is 35.6 Å². The van der Waals surface area contributed by atoms with Crippen molar-refractivity contribution in [2.24, 2.45) is 0 Å². The van der Waals surface area contributed by atoms with E-state index in [9.17, 15) is 9.59 Å². The first-order valence-electron chi connectivity index (χ1n) is 8.16. The maximum atomic E-state index is 12.2. The second kappa shape index (κ2) is 9.99. The Morgan fingerprint density at radius 1 is 1.38 bits per heavy atom. The Kier molecular flexibility index (Phi) is 7.99. The van der Waals surface area contributed by atoms with Crippen molar-refractivity contribution in [2.45, 2.75) is 25.9 Å². The van der Waals surface area contributed by atoms with E-state index in [-0.39, 0.29) is 5.75 Å². The number of carbonyl (C=O) groups excluding carboxylic acids is 2. The Balaban J connectivity index is 1.81. The van der Waals surface area contributed by atoms with Crippen LogP contribution in [-0.4, -0.2) is 53.2 Å². The van der Waals surface area contributed by atoms with Crippen molar-refractivity contribution in [3.8, 4) is 5.75 Å². The number of hydrogen-bond acceptors (Lipinski definition) is 6. The fourth-order valence-corrected chi connectivity index (χ4v) is 3.61. The third-order valence-electron chi connectivity index (χ3n) is 3.77. The van der Waals surface area contributed by atoms with Gasteiger partial charge in [-0.2, -0.15) is 0 Å². The average molecular weight is 417 g/mol. The molecule has 0 radical (unpaired) electrons. The number of thiocarbonyl (C=S) groups is 1. The quantitative estimate of drug-likeness (QED) is 0.563. The minimum absolute atomic E-state index is 0.0768. The van der Waals surface area contributed by atoms with Gasteiger partial charge < -0.3 is 19.7 Å². The van der Waals surface area contributed by atoms with Gasteiger partial charge in [0.25, 0.3) is 5.91 Å². The summed E-state index contributed by atoms with van der Waals surface area (Å²) in [5, 5.41) is 3.11. The van der Waals surface area contributed by atoms with Gasteiger partial charge in [0.15, 0.2) is 6.10 Å². The molecule has 1 aromatic carbocycles. The van der Waals surface area contributed by atoms with E-state index in [1.807, 2.05) is 0 Å². The van der Waals surface area contributed by atoms with E-state index >= 15 is 0 Å². The highest BCUT2D eigenvalue weighted by Crippen LogP contribution is 2.27. The lowest BCUT2D eigenvalue weighted by atomic mass is 10.2. The van der Waals surface area contributed by atoms with E-state index < -0.39 is 18.0 Å². The number of halogens is 1. The molecule has 1 aliphatic heterocycles. The number of hydrogen-bond donors (Lipinski definition) is 1. The van der Waals surface area contributed by atoms with Gasteiger partial charge >= 0.3 is 5.97 Å². The molecular formula is C17H21ClN2O4S2. The highest BCUT2D eigenvalue weighted by Gasteiger charge is 2.21. The molecule has 0 aliphatic carbocycles. The molecule has 2 rings (SSSR count). The Hall–Kier alpha value is -1.51. The largest absolute Gasteiger partial charge is 0.495 e. The summed E-state index contributed by atoms with van der Waals surface area (Å²) in [7, 11) is 1.49. The number of rotatable bonds is 6. The summed E-state index contributed by atoms with van der Waals surface area (Å²) in [6, 6.07) is 4.86. The molecule has 1 fully saturated rings. The number of likely N-dealkylation sites (tertiary alicyclic amines) is 1. The molecule has 0 bridgehead atoms. The number of amides is 1. The first-order chi connectivity index (χ1) is 12.4. The van der Waals surface area contributed by atoms with Crippen LogP contribution in [-0.2, 0) is 14.3 Å². The van der Waals surface area contributed by atoms with Gasteiger partial charge in [-0.25, -0.2) is 0 Å². The monoisotopic (exact) mass is 416 g/mol. The molecule has 0 spiro atoms. The molecule has 1 heterocycles. The lowest BCUT2D eigenvalue weighted by Gasteiger charge is -2.18. The van der Waals surface area contributed by atoms with Crippen LogP contribution in [0.5, 0.6) is 5.75 Å².